The maximum Gasteiger partial charge on any atom is 0.167 e. The summed E-state index contributed by atoms with van der Waals surface area (Å²) in [6.07, 6.45) is 2.41. The van der Waals surface area contributed by atoms with Gasteiger partial charge >= 0.3 is 0 Å². The topological polar surface area (TPSA) is 35.2 Å². The predicted octanol–water partition coefficient (Wildman–Crippen LogP) is 2.20. The van der Waals surface area contributed by atoms with Crippen LogP contribution < -0.4 is 10.5 Å². The molecule has 0 unspecified atom stereocenters. The lowest BCUT2D eigenvalue weighted by Gasteiger charge is -2.06. The molecule has 0 aliphatic heterocycles. The quantitative estimate of drug-likeness (QED) is 0.725. The van der Waals surface area contributed by atoms with Crippen LogP contribution in [0.1, 0.15) is 12.8 Å². The van der Waals surface area contributed by atoms with E-state index in [0.717, 1.165) is 0 Å². The number of ether oxygens (including phenoxy) is 1. The monoisotopic (exact) mass is 181 g/mol. The summed E-state index contributed by atoms with van der Waals surface area (Å²) in [7, 11) is 0. The molecule has 1 aromatic carbocycles. The molecule has 1 fully saturated rings. The molecule has 0 radical (unpaired) electrons. The molecule has 2 nitrogen and oxygen atoms in total. The third-order valence-corrected chi connectivity index (χ3v) is 2.13. The smallest absolute Gasteiger partial charge is 0.167 e. The van der Waals surface area contributed by atoms with Gasteiger partial charge in [0.1, 0.15) is 0 Å². The standard InChI is InChI=1S/C10H12FNO/c11-9-5-8(12)3-4-10(9)13-6-7-1-2-7/h3-5,7H,1-2,6,12H2. The first-order valence-corrected chi connectivity index (χ1v) is 4.43. The summed E-state index contributed by atoms with van der Waals surface area (Å²) in [6.45, 7) is 0.626. The highest BCUT2D eigenvalue weighted by Gasteiger charge is 2.22. The molecule has 0 aromatic heterocycles. The molecule has 70 valence electrons. The SMILES string of the molecule is Nc1ccc(OCC2CC2)c(F)c1. The lowest BCUT2D eigenvalue weighted by Crippen LogP contribution is -2.01. The molecular weight excluding hydrogens is 169 g/mol. The van der Waals surface area contributed by atoms with Gasteiger partial charge in [0.15, 0.2) is 11.6 Å². The van der Waals surface area contributed by atoms with Crippen LogP contribution in [0.5, 0.6) is 5.75 Å². The molecule has 0 heterocycles. The first kappa shape index (κ1) is 8.35. The Morgan fingerprint density at radius 1 is 1.46 bits per heavy atom. The molecule has 0 saturated heterocycles. The van der Waals surface area contributed by atoms with E-state index < -0.39 is 0 Å². The van der Waals surface area contributed by atoms with Gasteiger partial charge in [-0.2, -0.15) is 0 Å². The van der Waals surface area contributed by atoms with E-state index in [4.69, 9.17) is 10.5 Å². The van der Waals surface area contributed by atoms with Gasteiger partial charge in [0.2, 0.25) is 0 Å². The second kappa shape index (κ2) is 3.24. The van der Waals surface area contributed by atoms with E-state index in [9.17, 15) is 4.39 Å². The van der Waals surface area contributed by atoms with Crippen molar-refractivity contribution in [2.45, 2.75) is 12.8 Å². The maximum absolute atomic E-state index is 13.1. The number of halogens is 1. The first-order chi connectivity index (χ1) is 6.25. The number of anilines is 1. The van der Waals surface area contributed by atoms with Crippen LogP contribution in [0.2, 0.25) is 0 Å². The molecule has 0 atom stereocenters. The lowest BCUT2D eigenvalue weighted by molar-refractivity contribution is 0.285. The average molecular weight is 181 g/mol. The maximum atomic E-state index is 13.1. The van der Waals surface area contributed by atoms with Crippen molar-refractivity contribution in [2.75, 3.05) is 12.3 Å². The van der Waals surface area contributed by atoms with Crippen molar-refractivity contribution in [3.05, 3.63) is 24.0 Å². The van der Waals surface area contributed by atoms with Crippen LogP contribution in [0.15, 0.2) is 18.2 Å². The number of hydrogen-bond acceptors (Lipinski definition) is 2. The fourth-order valence-electron chi connectivity index (χ4n) is 1.13. The van der Waals surface area contributed by atoms with Crippen molar-refractivity contribution >= 4 is 5.69 Å². The van der Waals surface area contributed by atoms with Crippen LogP contribution in [0, 0.1) is 11.7 Å². The van der Waals surface area contributed by atoms with Crippen LogP contribution in [-0.4, -0.2) is 6.61 Å². The summed E-state index contributed by atoms with van der Waals surface area (Å²) in [4.78, 5) is 0. The summed E-state index contributed by atoms with van der Waals surface area (Å²) < 4.78 is 18.4. The van der Waals surface area contributed by atoms with E-state index in [0.29, 0.717) is 24.0 Å². The second-order valence-corrected chi connectivity index (χ2v) is 3.44. The largest absolute Gasteiger partial charge is 0.490 e. The minimum Gasteiger partial charge on any atom is -0.490 e. The summed E-state index contributed by atoms with van der Waals surface area (Å²) in [5.41, 5.74) is 5.83. The molecule has 1 aromatic rings. The Kier molecular flexibility index (Phi) is 2.08. The zero-order valence-corrected chi connectivity index (χ0v) is 7.29. The zero-order chi connectivity index (χ0) is 9.26. The zero-order valence-electron chi connectivity index (χ0n) is 7.29. The first-order valence-electron chi connectivity index (χ1n) is 4.43. The Bertz CT molecular complexity index is 310. The van der Waals surface area contributed by atoms with Gasteiger partial charge < -0.3 is 10.5 Å². The third-order valence-electron chi connectivity index (χ3n) is 2.13. The van der Waals surface area contributed by atoms with Crippen molar-refractivity contribution in [2.24, 2.45) is 5.92 Å². The Morgan fingerprint density at radius 3 is 2.85 bits per heavy atom. The van der Waals surface area contributed by atoms with Crippen molar-refractivity contribution in [1.29, 1.82) is 0 Å². The summed E-state index contributed by atoms with van der Waals surface area (Å²) in [6, 6.07) is 4.50. The van der Waals surface area contributed by atoms with Crippen LogP contribution >= 0.6 is 0 Å². The van der Waals surface area contributed by atoms with Crippen molar-refractivity contribution < 1.29 is 9.13 Å². The van der Waals surface area contributed by atoms with E-state index >= 15 is 0 Å². The van der Waals surface area contributed by atoms with Crippen LogP contribution in [-0.2, 0) is 0 Å². The molecule has 3 heteroatoms. The molecule has 1 aliphatic rings. The van der Waals surface area contributed by atoms with Gasteiger partial charge in [0.25, 0.3) is 0 Å². The van der Waals surface area contributed by atoms with Gasteiger partial charge in [-0.25, -0.2) is 4.39 Å². The molecule has 2 N–H and O–H groups in total. The van der Waals surface area contributed by atoms with Crippen molar-refractivity contribution in [1.82, 2.24) is 0 Å². The Labute approximate surface area is 76.5 Å². The van der Waals surface area contributed by atoms with Gasteiger partial charge in [0.05, 0.1) is 6.61 Å². The lowest BCUT2D eigenvalue weighted by atomic mass is 10.3. The Balaban J connectivity index is 2.01. The fourth-order valence-corrected chi connectivity index (χ4v) is 1.13. The number of benzene rings is 1. The highest BCUT2D eigenvalue weighted by molar-refractivity contribution is 5.42. The minimum atomic E-state index is -0.374. The van der Waals surface area contributed by atoms with Crippen molar-refractivity contribution in [3.63, 3.8) is 0 Å². The van der Waals surface area contributed by atoms with Gasteiger partial charge in [-0.05, 0) is 30.9 Å². The third kappa shape index (κ3) is 2.11. The molecule has 2 rings (SSSR count). The van der Waals surface area contributed by atoms with Gasteiger partial charge in [0, 0.05) is 11.8 Å². The Hall–Kier alpha value is -1.25. The molecular formula is C10H12FNO. The fraction of sp³-hybridized carbons (Fsp3) is 0.400. The minimum absolute atomic E-state index is 0.307. The summed E-state index contributed by atoms with van der Waals surface area (Å²) >= 11 is 0. The normalized spacial score (nSPS) is 15.8. The number of hydrogen-bond donors (Lipinski definition) is 1. The van der Waals surface area contributed by atoms with E-state index in [1.165, 1.54) is 18.9 Å². The molecule has 13 heavy (non-hydrogen) atoms. The summed E-state index contributed by atoms with van der Waals surface area (Å²) in [5.74, 6) is 0.568. The number of nitrogens with two attached hydrogens (primary N) is 1. The highest BCUT2D eigenvalue weighted by atomic mass is 19.1. The predicted molar refractivity (Wildman–Crippen MR) is 49.0 cm³/mol. The number of nitrogen functional groups attached to an aromatic ring is 1. The Morgan fingerprint density at radius 2 is 2.23 bits per heavy atom. The van der Waals surface area contributed by atoms with Gasteiger partial charge in [-0.1, -0.05) is 0 Å². The van der Waals surface area contributed by atoms with E-state index in [1.54, 1.807) is 12.1 Å². The van der Waals surface area contributed by atoms with Crippen LogP contribution in [0.25, 0.3) is 0 Å². The molecule has 1 saturated carbocycles. The summed E-state index contributed by atoms with van der Waals surface area (Å²) in [5, 5.41) is 0. The average Bonchev–Trinajstić information content (AvgIpc) is 2.86. The highest BCUT2D eigenvalue weighted by Crippen LogP contribution is 2.30. The van der Waals surface area contributed by atoms with E-state index in [-0.39, 0.29) is 5.82 Å². The van der Waals surface area contributed by atoms with Crippen molar-refractivity contribution in [3.8, 4) is 5.75 Å². The number of rotatable bonds is 3. The van der Waals surface area contributed by atoms with Crippen LogP contribution in [0.4, 0.5) is 10.1 Å². The molecule has 0 amide bonds. The van der Waals surface area contributed by atoms with Gasteiger partial charge in [-0.3, -0.25) is 0 Å². The molecule has 0 bridgehead atoms. The van der Waals surface area contributed by atoms with E-state index in [2.05, 4.69) is 0 Å². The molecule has 0 spiro atoms. The molecule has 1 aliphatic carbocycles. The van der Waals surface area contributed by atoms with Gasteiger partial charge in [-0.15, -0.1) is 0 Å². The van der Waals surface area contributed by atoms with Crippen LogP contribution in [0.3, 0.4) is 0 Å². The second-order valence-electron chi connectivity index (χ2n) is 3.44. The van der Waals surface area contributed by atoms with E-state index in [1.807, 2.05) is 0 Å².